The van der Waals surface area contributed by atoms with Gasteiger partial charge < -0.3 is 10.1 Å². The molecule has 3 atom stereocenters. The normalized spacial score (nSPS) is 25.5. The lowest BCUT2D eigenvalue weighted by molar-refractivity contribution is 0.116. The number of hydrogen-bond acceptors (Lipinski definition) is 2. The standard InChI is InChI=1S/C16H33NO/c1-4-5-6-7-8-9-10-11-16(17-3)15-12-14(2)18-13-15/h14-17H,4-13H2,1-3H3. The van der Waals surface area contributed by atoms with Gasteiger partial charge in [-0.25, -0.2) is 0 Å². The Morgan fingerprint density at radius 1 is 1.11 bits per heavy atom. The highest BCUT2D eigenvalue weighted by Gasteiger charge is 2.28. The molecule has 0 aromatic carbocycles. The molecule has 1 N–H and O–H groups in total. The third-order valence-corrected chi connectivity index (χ3v) is 4.29. The van der Waals surface area contributed by atoms with E-state index in [9.17, 15) is 0 Å². The molecule has 1 aliphatic heterocycles. The van der Waals surface area contributed by atoms with Gasteiger partial charge in [0.25, 0.3) is 0 Å². The van der Waals surface area contributed by atoms with Gasteiger partial charge in [-0.15, -0.1) is 0 Å². The third-order valence-electron chi connectivity index (χ3n) is 4.29. The quantitative estimate of drug-likeness (QED) is 0.592. The number of unbranched alkanes of at least 4 members (excludes halogenated alkanes) is 6. The van der Waals surface area contributed by atoms with Crippen molar-refractivity contribution in [1.82, 2.24) is 5.32 Å². The summed E-state index contributed by atoms with van der Waals surface area (Å²) < 4.78 is 5.68. The van der Waals surface area contributed by atoms with Crippen LogP contribution in [0.5, 0.6) is 0 Å². The zero-order valence-corrected chi connectivity index (χ0v) is 12.7. The van der Waals surface area contributed by atoms with E-state index in [1.807, 2.05) is 0 Å². The van der Waals surface area contributed by atoms with Gasteiger partial charge in [-0.1, -0.05) is 51.9 Å². The van der Waals surface area contributed by atoms with Crippen LogP contribution in [0.3, 0.4) is 0 Å². The Balaban J connectivity index is 2.02. The summed E-state index contributed by atoms with van der Waals surface area (Å²) in [6.45, 7) is 5.44. The lowest BCUT2D eigenvalue weighted by Crippen LogP contribution is -2.33. The highest BCUT2D eigenvalue weighted by molar-refractivity contribution is 4.81. The first-order valence-electron chi connectivity index (χ1n) is 8.06. The molecule has 0 spiro atoms. The van der Waals surface area contributed by atoms with Crippen LogP contribution >= 0.6 is 0 Å². The molecule has 0 saturated carbocycles. The van der Waals surface area contributed by atoms with Gasteiger partial charge in [0.1, 0.15) is 0 Å². The van der Waals surface area contributed by atoms with Crippen LogP contribution in [0.4, 0.5) is 0 Å². The van der Waals surface area contributed by atoms with Gasteiger partial charge in [-0.2, -0.15) is 0 Å². The van der Waals surface area contributed by atoms with Crippen LogP contribution in [-0.4, -0.2) is 25.8 Å². The van der Waals surface area contributed by atoms with Gasteiger partial charge in [0.15, 0.2) is 0 Å². The minimum Gasteiger partial charge on any atom is -0.378 e. The average Bonchev–Trinajstić information content (AvgIpc) is 2.79. The monoisotopic (exact) mass is 255 g/mol. The smallest absolute Gasteiger partial charge is 0.0551 e. The maximum Gasteiger partial charge on any atom is 0.0551 e. The van der Waals surface area contributed by atoms with E-state index in [-0.39, 0.29) is 0 Å². The first kappa shape index (κ1) is 16.0. The Labute approximate surface area is 114 Å². The molecule has 2 nitrogen and oxygen atoms in total. The van der Waals surface area contributed by atoms with Gasteiger partial charge >= 0.3 is 0 Å². The second-order valence-corrected chi connectivity index (χ2v) is 5.94. The second-order valence-electron chi connectivity index (χ2n) is 5.94. The second kappa shape index (κ2) is 9.80. The summed E-state index contributed by atoms with van der Waals surface area (Å²) in [4.78, 5) is 0. The SMILES string of the molecule is CCCCCCCCCC(NC)C1COC(C)C1. The summed E-state index contributed by atoms with van der Waals surface area (Å²) >= 11 is 0. The fraction of sp³-hybridized carbons (Fsp3) is 1.00. The van der Waals surface area contributed by atoms with Crippen LogP contribution in [0, 0.1) is 5.92 Å². The minimum atomic E-state index is 0.472. The maximum absolute atomic E-state index is 5.68. The van der Waals surface area contributed by atoms with Crippen molar-refractivity contribution in [3.05, 3.63) is 0 Å². The van der Waals surface area contributed by atoms with Crippen molar-refractivity contribution >= 4 is 0 Å². The predicted molar refractivity (Wildman–Crippen MR) is 79.0 cm³/mol. The topological polar surface area (TPSA) is 21.3 Å². The Hall–Kier alpha value is -0.0800. The van der Waals surface area contributed by atoms with E-state index in [2.05, 4.69) is 26.2 Å². The molecule has 0 radical (unpaired) electrons. The van der Waals surface area contributed by atoms with Crippen molar-refractivity contribution in [3.63, 3.8) is 0 Å². The molecule has 3 unspecified atom stereocenters. The van der Waals surface area contributed by atoms with Crippen LogP contribution in [0.15, 0.2) is 0 Å². The zero-order chi connectivity index (χ0) is 13.2. The van der Waals surface area contributed by atoms with Crippen LogP contribution in [-0.2, 0) is 4.74 Å². The van der Waals surface area contributed by atoms with Crippen molar-refractivity contribution in [2.45, 2.75) is 83.8 Å². The summed E-state index contributed by atoms with van der Waals surface area (Å²) in [5, 5.41) is 3.50. The molecule has 1 aliphatic rings. The number of ether oxygens (including phenoxy) is 1. The average molecular weight is 255 g/mol. The summed E-state index contributed by atoms with van der Waals surface area (Å²) in [6, 6.07) is 0.672. The van der Waals surface area contributed by atoms with E-state index < -0.39 is 0 Å². The number of hydrogen-bond donors (Lipinski definition) is 1. The molecule has 1 fully saturated rings. The van der Waals surface area contributed by atoms with Crippen molar-refractivity contribution in [2.75, 3.05) is 13.7 Å². The summed E-state index contributed by atoms with van der Waals surface area (Å²) in [7, 11) is 2.11. The van der Waals surface area contributed by atoms with Crippen molar-refractivity contribution in [2.24, 2.45) is 5.92 Å². The van der Waals surface area contributed by atoms with E-state index in [0.717, 1.165) is 12.5 Å². The largest absolute Gasteiger partial charge is 0.378 e. The van der Waals surface area contributed by atoms with Crippen LogP contribution in [0.1, 0.15) is 71.6 Å². The number of nitrogens with one attached hydrogen (secondary N) is 1. The molecule has 1 saturated heterocycles. The van der Waals surface area contributed by atoms with Crippen molar-refractivity contribution in [3.8, 4) is 0 Å². The molecule has 1 rings (SSSR count). The Bertz CT molecular complexity index is 196. The maximum atomic E-state index is 5.68. The van der Waals surface area contributed by atoms with Gasteiger partial charge in [0.2, 0.25) is 0 Å². The van der Waals surface area contributed by atoms with E-state index >= 15 is 0 Å². The fourth-order valence-corrected chi connectivity index (χ4v) is 3.07. The Morgan fingerprint density at radius 2 is 1.78 bits per heavy atom. The van der Waals surface area contributed by atoms with E-state index in [0.29, 0.717) is 12.1 Å². The summed E-state index contributed by atoms with van der Waals surface area (Å²) in [5.74, 6) is 0.741. The lowest BCUT2D eigenvalue weighted by Gasteiger charge is -2.21. The van der Waals surface area contributed by atoms with Crippen LogP contribution < -0.4 is 5.32 Å². The first-order valence-corrected chi connectivity index (χ1v) is 8.06. The molecule has 2 heteroatoms. The van der Waals surface area contributed by atoms with Gasteiger partial charge in [-0.05, 0) is 26.8 Å². The predicted octanol–water partition coefficient (Wildman–Crippen LogP) is 4.14. The molecule has 0 aliphatic carbocycles. The van der Waals surface area contributed by atoms with Crippen LogP contribution in [0.25, 0.3) is 0 Å². The molecule has 18 heavy (non-hydrogen) atoms. The highest BCUT2D eigenvalue weighted by atomic mass is 16.5. The molecule has 0 bridgehead atoms. The minimum absolute atomic E-state index is 0.472. The molecular weight excluding hydrogens is 222 g/mol. The van der Waals surface area contributed by atoms with Gasteiger partial charge in [0.05, 0.1) is 12.7 Å². The molecule has 1 heterocycles. The van der Waals surface area contributed by atoms with Crippen LogP contribution in [0.2, 0.25) is 0 Å². The fourth-order valence-electron chi connectivity index (χ4n) is 3.07. The van der Waals surface area contributed by atoms with Crippen molar-refractivity contribution in [1.29, 1.82) is 0 Å². The van der Waals surface area contributed by atoms with E-state index in [4.69, 9.17) is 4.74 Å². The van der Waals surface area contributed by atoms with Gasteiger partial charge in [0, 0.05) is 12.0 Å². The zero-order valence-electron chi connectivity index (χ0n) is 12.7. The molecule has 108 valence electrons. The summed E-state index contributed by atoms with van der Waals surface area (Å²) in [6.07, 6.45) is 12.9. The Kier molecular flexibility index (Phi) is 8.70. The van der Waals surface area contributed by atoms with Gasteiger partial charge in [-0.3, -0.25) is 0 Å². The third kappa shape index (κ3) is 6.19. The molecule has 0 amide bonds. The van der Waals surface area contributed by atoms with E-state index in [1.165, 1.54) is 57.8 Å². The highest BCUT2D eigenvalue weighted by Crippen LogP contribution is 2.25. The van der Waals surface area contributed by atoms with E-state index in [1.54, 1.807) is 0 Å². The Morgan fingerprint density at radius 3 is 2.33 bits per heavy atom. The molecular formula is C16H33NO. The lowest BCUT2D eigenvalue weighted by atomic mass is 9.92. The number of rotatable bonds is 10. The first-order chi connectivity index (χ1) is 8.77. The van der Waals surface area contributed by atoms with Crippen molar-refractivity contribution < 1.29 is 4.74 Å². The molecule has 0 aromatic heterocycles. The molecule has 0 aromatic rings. The summed E-state index contributed by atoms with van der Waals surface area (Å²) in [5.41, 5.74) is 0.